The van der Waals surface area contributed by atoms with Crippen molar-refractivity contribution in [1.29, 1.82) is 0 Å². The van der Waals surface area contributed by atoms with Crippen molar-refractivity contribution in [2.45, 2.75) is 25.2 Å². The van der Waals surface area contributed by atoms with E-state index in [1.54, 1.807) is 24.0 Å². The molecule has 2 aliphatic rings. The van der Waals surface area contributed by atoms with Crippen LogP contribution in [0.1, 0.15) is 30.6 Å². The van der Waals surface area contributed by atoms with Crippen molar-refractivity contribution >= 4 is 33.1 Å². The van der Waals surface area contributed by atoms with Gasteiger partial charge in [-0.1, -0.05) is 25.1 Å². The number of benzene rings is 2. The number of hydrogen-bond donors (Lipinski definition) is 0. The molecule has 2 aromatic rings. The number of sulfonamides is 1. The monoisotopic (exact) mass is 426 g/mol. The van der Waals surface area contributed by atoms with Crippen molar-refractivity contribution < 1.29 is 13.2 Å². The second-order valence-corrected chi connectivity index (χ2v) is 9.14. The number of amides is 1. The lowest BCUT2D eigenvalue weighted by atomic mass is 10.1. The van der Waals surface area contributed by atoms with Gasteiger partial charge in [-0.05, 0) is 43.7 Å². The van der Waals surface area contributed by atoms with Gasteiger partial charge in [-0.15, -0.1) is 4.40 Å². The van der Waals surface area contributed by atoms with Gasteiger partial charge in [-0.25, -0.2) is 0 Å². The molecule has 8 heteroatoms. The smallest absolute Gasteiger partial charge is 0.286 e. The van der Waals surface area contributed by atoms with E-state index < -0.39 is 10.0 Å². The van der Waals surface area contributed by atoms with Crippen molar-refractivity contribution in [3.05, 3.63) is 54.1 Å². The van der Waals surface area contributed by atoms with Crippen molar-refractivity contribution in [2.75, 3.05) is 42.5 Å². The molecular weight excluding hydrogens is 400 g/mol. The molecule has 4 rings (SSSR count). The molecule has 0 spiro atoms. The number of fused-ring (bicyclic) bond motifs is 1. The van der Waals surface area contributed by atoms with Crippen LogP contribution in [0.3, 0.4) is 0 Å². The van der Waals surface area contributed by atoms with E-state index in [1.165, 1.54) is 6.07 Å². The van der Waals surface area contributed by atoms with Crippen LogP contribution in [0.2, 0.25) is 0 Å². The van der Waals surface area contributed by atoms with Crippen molar-refractivity contribution in [2.24, 2.45) is 4.40 Å². The zero-order valence-electron chi connectivity index (χ0n) is 17.3. The van der Waals surface area contributed by atoms with Crippen LogP contribution < -0.4 is 9.80 Å². The molecule has 0 aromatic heterocycles. The van der Waals surface area contributed by atoms with Gasteiger partial charge in [-0.2, -0.15) is 8.42 Å². The van der Waals surface area contributed by atoms with Crippen LogP contribution in [0.4, 0.5) is 11.4 Å². The first-order valence-electron chi connectivity index (χ1n) is 10.2. The molecule has 7 nitrogen and oxygen atoms in total. The average Bonchev–Trinajstić information content (AvgIpc) is 2.76. The molecule has 158 valence electrons. The fourth-order valence-electron chi connectivity index (χ4n) is 4.02. The van der Waals surface area contributed by atoms with Crippen LogP contribution in [-0.4, -0.2) is 57.8 Å². The number of anilines is 2. The second kappa shape index (κ2) is 8.10. The Morgan fingerprint density at radius 3 is 2.40 bits per heavy atom. The summed E-state index contributed by atoms with van der Waals surface area (Å²) in [6, 6.07) is 15.1. The Balaban J connectivity index is 1.54. The zero-order valence-corrected chi connectivity index (χ0v) is 18.1. The predicted octanol–water partition coefficient (Wildman–Crippen LogP) is 2.99. The van der Waals surface area contributed by atoms with Gasteiger partial charge in [0.1, 0.15) is 10.7 Å². The minimum absolute atomic E-state index is 0.107. The molecule has 0 bridgehead atoms. The highest BCUT2D eigenvalue weighted by Gasteiger charge is 2.30. The SMILES string of the molecule is CCCN1C(C)=NS(=O)(=O)c2cc(C(=O)N3CCN(c4ccccc4)CC3)ccc21. The summed E-state index contributed by atoms with van der Waals surface area (Å²) < 4.78 is 29.2. The molecule has 0 atom stereocenters. The first kappa shape index (κ1) is 20.4. The standard InChI is InChI=1S/C22H26N4O3S/c1-3-11-26-17(2)23-30(28,29)21-16-18(9-10-20(21)26)22(27)25-14-12-24(13-15-25)19-7-5-4-6-8-19/h4-10,16H,3,11-15H2,1-2H3. The molecule has 2 aliphatic heterocycles. The number of nitrogens with zero attached hydrogens (tertiary/aromatic N) is 4. The molecule has 2 heterocycles. The van der Waals surface area contributed by atoms with Gasteiger partial charge in [-0.3, -0.25) is 4.79 Å². The Kier molecular flexibility index (Phi) is 5.51. The fourth-order valence-corrected chi connectivity index (χ4v) is 5.28. The molecule has 30 heavy (non-hydrogen) atoms. The van der Waals surface area contributed by atoms with Crippen LogP contribution in [0.15, 0.2) is 57.8 Å². The topological polar surface area (TPSA) is 73.3 Å². The number of amidine groups is 1. The van der Waals surface area contributed by atoms with Gasteiger partial charge < -0.3 is 14.7 Å². The van der Waals surface area contributed by atoms with Crippen LogP contribution in [0.5, 0.6) is 0 Å². The largest absolute Gasteiger partial charge is 0.368 e. The van der Waals surface area contributed by atoms with E-state index in [-0.39, 0.29) is 10.8 Å². The molecule has 1 saturated heterocycles. The third-order valence-corrected chi connectivity index (χ3v) is 6.94. The van der Waals surface area contributed by atoms with Gasteiger partial charge in [0.25, 0.3) is 15.9 Å². The summed E-state index contributed by atoms with van der Waals surface area (Å²) in [6.45, 7) is 7.07. The highest BCUT2D eigenvalue weighted by atomic mass is 32.2. The van der Waals surface area contributed by atoms with E-state index in [9.17, 15) is 13.2 Å². The zero-order chi connectivity index (χ0) is 21.3. The molecule has 0 aliphatic carbocycles. The molecule has 0 N–H and O–H groups in total. The number of para-hydroxylation sites is 1. The fraction of sp³-hybridized carbons (Fsp3) is 0.364. The number of piperazine rings is 1. The van der Waals surface area contributed by atoms with Gasteiger partial charge in [0, 0.05) is 44.0 Å². The summed E-state index contributed by atoms with van der Waals surface area (Å²) in [6.07, 6.45) is 0.860. The quantitative estimate of drug-likeness (QED) is 0.752. The Bertz CT molecular complexity index is 1070. The number of carbonyl (C=O) groups is 1. The lowest BCUT2D eigenvalue weighted by Gasteiger charge is -2.36. The van der Waals surface area contributed by atoms with Crippen molar-refractivity contribution in [3.63, 3.8) is 0 Å². The van der Waals surface area contributed by atoms with E-state index in [1.807, 2.05) is 30.0 Å². The maximum atomic E-state index is 13.1. The van der Waals surface area contributed by atoms with Crippen molar-refractivity contribution in [3.8, 4) is 0 Å². The lowest BCUT2D eigenvalue weighted by Crippen LogP contribution is -2.48. The minimum Gasteiger partial charge on any atom is -0.368 e. The maximum Gasteiger partial charge on any atom is 0.286 e. The highest BCUT2D eigenvalue weighted by molar-refractivity contribution is 7.90. The molecule has 1 fully saturated rings. The summed E-state index contributed by atoms with van der Waals surface area (Å²) >= 11 is 0. The first-order valence-corrected chi connectivity index (χ1v) is 11.7. The number of carbonyl (C=O) groups excluding carboxylic acids is 1. The molecule has 2 aromatic carbocycles. The molecule has 0 saturated carbocycles. The maximum absolute atomic E-state index is 13.1. The number of hydrogen-bond acceptors (Lipinski definition) is 5. The molecule has 1 amide bonds. The van der Waals surface area contributed by atoms with Gasteiger partial charge in [0.2, 0.25) is 0 Å². The Morgan fingerprint density at radius 2 is 1.73 bits per heavy atom. The average molecular weight is 427 g/mol. The second-order valence-electron chi connectivity index (χ2n) is 7.56. The van der Waals surface area contributed by atoms with Gasteiger partial charge in [0.15, 0.2) is 0 Å². The normalized spacial score (nSPS) is 18.1. The summed E-state index contributed by atoms with van der Waals surface area (Å²) in [5.41, 5.74) is 2.13. The molecule has 0 unspecified atom stereocenters. The van der Waals surface area contributed by atoms with E-state index in [0.29, 0.717) is 36.7 Å². The Labute approximate surface area is 177 Å². The first-order chi connectivity index (χ1) is 14.4. The van der Waals surface area contributed by atoms with E-state index in [2.05, 4.69) is 21.4 Å². The van der Waals surface area contributed by atoms with E-state index >= 15 is 0 Å². The van der Waals surface area contributed by atoms with Gasteiger partial charge >= 0.3 is 0 Å². The molecule has 0 radical (unpaired) electrons. The van der Waals surface area contributed by atoms with Crippen LogP contribution in [-0.2, 0) is 10.0 Å². The van der Waals surface area contributed by atoms with Crippen molar-refractivity contribution in [1.82, 2.24) is 4.90 Å². The van der Waals surface area contributed by atoms with Crippen LogP contribution in [0, 0.1) is 0 Å². The Hall–Kier alpha value is -2.87. The van der Waals surface area contributed by atoms with Gasteiger partial charge in [0.05, 0.1) is 5.69 Å². The Morgan fingerprint density at radius 1 is 1.03 bits per heavy atom. The summed E-state index contributed by atoms with van der Waals surface area (Å²) in [5, 5.41) is 0. The molecular formula is C22H26N4O3S. The van der Waals surface area contributed by atoms with E-state index in [0.717, 1.165) is 25.2 Å². The predicted molar refractivity (Wildman–Crippen MR) is 119 cm³/mol. The third-order valence-electron chi connectivity index (χ3n) is 5.55. The van der Waals surface area contributed by atoms with Crippen LogP contribution >= 0.6 is 0 Å². The number of rotatable bonds is 4. The highest BCUT2D eigenvalue weighted by Crippen LogP contribution is 2.33. The van der Waals surface area contributed by atoms with Crippen LogP contribution in [0.25, 0.3) is 0 Å². The summed E-state index contributed by atoms with van der Waals surface area (Å²) in [7, 11) is -3.81. The lowest BCUT2D eigenvalue weighted by molar-refractivity contribution is 0.0746. The minimum atomic E-state index is -3.81. The summed E-state index contributed by atoms with van der Waals surface area (Å²) in [5.74, 6) is 0.314. The third kappa shape index (κ3) is 3.79. The van der Waals surface area contributed by atoms with E-state index in [4.69, 9.17) is 0 Å². The summed E-state index contributed by atoms with van der Waals surface area (Å²) in [4.78, 5) is 19.1.